The largest absolute Gasteiger partial charge is 0.497 e. The van der Waals surface area contributed by atoms with Gasteiger partial charge in [-0.25, -0.2) is 0 Å². The highest BCUT2D eigenvalue weighted by molar-refractivity contribution is 5.27. The third-order valence-corrected chi connectivity index (χ3v) is 3.34. The van der Waals surface area contributed by atoms with Gasteiger partial charge < -0.3 is 14.6 Å². The molecule has 4 nitrogen and oxygen atoms in total. The highest BCUT2D eigenvalue weighted by Crippen LogP contribution is 2.14. The van der Waals surface area contributed by atoms with Crippen LogP contribution in [-0.2, 0) is 11.3 Å². The van der Waals surface area contributed by atoms with Gasteiger partial charge in [-0.15, -0.1) is 0 Å². The zero-order valence-electron chi connectivity index (χ0n) is 13.9. The van der Waals surface area contributed by atoms with Gasteiger partial charge in [0.15, 0.2) is 0 Å². The first-order valence-corrected chi connectivity index (χ1v) is 7.59. The Morgan fingerprint density at radius 1 is 1.10 bits per heavy atom. The van der Waals surface area contributed by atoms with Crippen molar-refractivity contribution in [3.05, 3.63) is 29.8 Å². The zero-order valence-corrected chi connectivity index (χ0v) is 13.9. The Balaban J connectivity index is 2.56. The minimum absolute atomic E-state index is 0.147. The van der Waals surface area contributed by atoms with Crippen LogP contribution in [0.5, 0.6) is 5.75 Å². The number of hydrogen-bond donors (Lipinski definition) is 1. The van der Waals surface area contributed by atoms with Crippen molar-refractivity contribution in [2.75, 3.05) is 20.3 Å². The summed E-state index contributed by atoms with van der Waals surface area (Å²) >= 11 is 0. The number of hydrogen-bond acceptors (Lipinski definition) is 4. The molecule has 0 spiro atoms. The van der Waals surface area contributed by atoms with Crippen LogP contribution < -0.4 is 4.74 Å². The molecule has 0 aliphatic heterocycles. The summed E-state index contributed by atoms with van der Waals surface area (Å²) < 4.78 is 10.6. The highest BCUT2D eigenvalue weighted by Gasteiger charge is 2.16. The molecule has 0 aliphatic carbocycles. The Morgan fingerprint density at radius 2 is 1.71 bits per heavy atom. The molecule has 1 rings (SSSR count). The summed E-state index contributed by atoms with van der Waals surface area (Å²) in [6.07, 6.45) is -0.318. The Hall–Kier alpha value is -1.10. The first-order valence-electron chi connectivity index (χ1n) is 7.59. The maximum absolute atomic E-state index is 10.1. The molecule has 21 heavy (non-hydrogen) atoms. The van der Waals surface area contributed by atoms with Gasteiger partial charge >= 0.3 is 0 Å². The van der Waals surface area contributed by atoms with Crippen LogP contribution in [0, 0.1) is 0 Å². The Kier molecular flexibility index (Phi) is 7.72. The molecule has 4 heteroatoms. The minimum Gasteiger partial charge on any atom is -0.497 e. The van der Waals surface area contributed by atoms with Crippen molar-refractivity contribution in [2.45, 2.75) is 52.5 Å². The van der Waals surface area contributed by atoms with Gasteiger partial charge in [0, 0.05) is 19.1 Å². The number of benzene rings is 1. The molecular formula is C17H29NO3. The number of aliphatic hydroxyl groups excluding tert-OH is 1. The normalized spacial score (nSPS) is 13.2. The van der Waals surface area contributed by atoms with Crippen molar-refractivity contribution < 1.29 is 14.6 Å². The summed E-state index contributed by atoms with van der Waals surface area (Å²) in [7, 11) is 1.67. The molecule has 0 amide bonds. The van der Waals surface area contributed by atoms with E-state index in [2.05, 4.69) is 30.9 Å². The second-order valence-electron chi connectivity index (χ2n) is 5.91. The average Bonchev–Trinajstić information content (AvgIpc) is 2.45. The van der Waals surface area contributed by atoms with E-state index in [4.69, 9.17) is 9.47 Å². The number of nitrogens with zero attached hydrogens (tertiary/aromatic N) is 1. The topological polar surface area (TPSA) is 41.9 Å². The molecule has 0 saturated heterocycles. The smallest absolute Gasteiger partial charge is 0.118 e. The monoisotopic (exact) mass is 295 g/mol. The SMILES string of the molecule is COc1ccc(CN(C[C@H](O)COC(C)C)C(C)C)cc1. The van der Waals surface area contributed by atoms with Crippen LogP contribution in [-0.4, -0.2) is 48.5 Å². The van der Waals surface area contributed by atoms with Crippen molar-refractivity contribution in [1.82, 2.24) is 4.90 Å². The third-order valence-electron chi connectivity index (χ3n) is 3.34. The second kappa shape index (κ2) is 9.03. The Labute approximate surface area is 128 Å². The molecule has 1 N–H and O–H groups in total. The van der Waals surface area contributed by atoms with Crippen LogP contribution >= 0.6 is 0 Å². The molecule has 0 radical (unpaired) electrons. The third kappa shape index (κ3) is 6.93. The number of methoxy groups -OCH3 is 1. The Bertz CT molecular complexity index is 390. The molecule has 120 valence electrons. The van der Waals surface area contributed by atoms with Crippen molar-refractivity contribution in [3.8, 4) is 5.75 Å². The lowest BCUT2D eigenvalue weighted by Gasteiger charge is -2.29. The fourth-order valence-corrected chi connectivity index (χ4v) is 2.05. The lowest BCUT2D eigenvalue weighted by Crippen LogP contribution is -2.39. The standard InChI is InChI=1S/C17H29NO3/c1-13(2)18(11-16(19)12-21-14(3)4)10-15-6-8-17(20-5)9-7-15/h6-9,13-14,16,19H,10-12H2,1-5H3/t16-/m0/s1. The zero-order chi connectivity index (χ0) is 15.8. The van der Waals surface area contributed by atoms with Crippen LogP contribution in [0.15, 0.2) is 24.3 Å². The van der Waals surface area contributed by atoms with E-state index in [0.29, 0.717) is 19.2 Å². The van der Waals surface area contributed by atoms with E-state index in [1.807, 2.05) is 26.0 Å². The average molecular weight is 295 g/mol. The van der Waals surface area contributed by atoms with Crippen molar-refractivity contribution in [3.63, 3.8) is 0 Å². The lowest BCUT2D eigenvalue weighted by atomic mass is 10.1. The summed E-state index contributed by atoms with van der Waals surface area (Å²) in [4.78, 5) is 2.25. The first-order chi connectivity index (χ1) is 9.92. The summed E-state index contributed by atoms with van der Waals surface area (Å²) in [5, 5.41) is 10.1. The van der Waals surface area contributed by atoms with E-state index in [0.717, 1.165) is 12.3 Å². The molecule has 1 aromatic carbocycles. The van der Waals surface area contributed by atoms with Crippen molar-refractivity contribution in [2.24, 2.45) is 0 Å². The van der Waals surface area contributed by atoms with Gasteiger partial charge in [0.1, 0.15) is 5.75 Å². The number of rotatable bonds is 9. The molecule has 1 atom stereocenters. The molecule has 1 aromatic rings. The van der Waals surface area contributed by atoms with Gasteiger partial charge in [0.25, 0.3) is 0 Å². The van der Waals surface area contributed by atoms with Gasteiger partial charge in [-0.1, -0.05) is 12.1 Å². The minimum atomic E-state index is -0.465. The van der Waals surface area contributed by atoms with Crippen LogP contribution in [0.1, 0.15) is 33.3 Å². The fraction of sp³-hybridized carbons (Fsp3) is 0.647. The van der Waals surface area contributed by atoms with Crippen LogP contribution in [0.3, 0.4) is 0 Å². The van der Waals surface area contributed by atoms with Crippen LogP contribution in [0.25, 0.3) is 0 Å². The summed E-state index contributed by atoms with van der Waals surface area (Å²) in [5.74, 6) is 0.861. The van der Waals surface area contributed by atoms with Gasteiger partial charge in [-0.2, -0.15) is 0 Å². The van der Waals surface area contributed by atoms with Crippen molar-refractivity contribution in [1.29, 1.82) is 0 Å². The van der Waals surface area contributed by atoms with Crippen molar-refractivity contribution >= 4 is 0 Å². The molecule has 0 unspecified atom stereocenters. The highest BCUT2D eigenvalue weighted by atomic mass is 16.5. The quantitative estimate of drug-likeness (QED) is 0.760. The maximum atomic E-state index is 10.1. The molecule has 0 fully saturated rings. The second-order valence-corrected chi connectivity index (χ2v) is 5.91. The Morgan fingerprint density at radius 3 is 2.19 bits per heavy atom. The van der Waals surface area contributed by atoms with E-state index >= 15 is 0 Å². The molecule has 0 saturated carbocycles. The lowest BCUT2D eigenvalue weighted by molar-refractivity contribution is -0.0136. The summed E-state index contributed by atoms with van der Waals surface area (Å²) in [5.41, 5.74) is 1.21. The molecule has 0 heterocycles. The predicted octanol–water partition coefficient (Wildman–Crippen LogP) is 2.69. The first kappa shape index (κ1) is 18.0. The van der Waals surface area contributed by atoms with E-state index in [9.17, 15) is 5.11 Å². The maximum Gasteiger partial charge on any atom is 0.118 e. The number of ether oxygens (including phenoxy) is 2. The molecule has 0 bridgehead atoms. The van der Waals surface area contributed by atoms with Crippen LogP contribution in [0.4, 0.5) is 0 Å². The van der Waals surface area contributed by atoms with Gasteiger partial charge in [0.2, 0.25) is 0 Å². The molecular weight excluding hydrogens is 266 g/mol. The van der Waals surface area contributed by atoms with Gasteiger partial charge in [-0.3, -0.25) is 4.90 Å². The van der Waals surface area contributed by atoms with E-state index < -0.39 is 6.10 Å². The van der Waals surface area contributed by atoms with E-state index in [-0.39, 0.29) is 6.10 Å². The summed E-state index contributed by atoms with van der Waals surface area (Å²) in [6.45, 7) is 10.0. The van der Waals surface area contributed by atoms with E-state index in [1.165, 1.54) is 5.56 Å². The predicted molar refractivity (Wildman–Crippen MR) is 85.6 cm³/mol. The van der Waals surface area contributed by atoms with Gasteiger partial charge in [-0.05, 0) is 45.4 Å². The van der Waals surface area contributed by atoms with Gasteiger partial charge in [0.05, 0.1) is 25.9 Å². The molecule has 0 aliphatic rings. The van der Waals surface area contributed by atoms with E-state index in [1.54, 1.807) is 7.11 Å². The summed E-state index contributed by atoms with van der Waals surface area (Å²) in [6, 6.07) is 8.41. The number of aliphatic hydroxyl groups is 1. The van der Waals surface area contributed by atoms with Crippen LogP contribution in [0.2, 0.25) is 0 Å². The molecule has 0 aromatic heterocycles. The fourth-order valence-electron chi connectivity index (χ4n) is 2.05.